The number of thiazole rings is 1. The van der Waals surface area contributed by atoms with Crippen molar-refractivity contribution in [3.63, 3.8) is 0 Å². The zero-order chi connectivity index (χ0) is 21.5. The summed E-state index contributed by atoms with van der Waals surface area (Å²) in [7, 11) is 1.70. The number of carbonyl (C=O) groups excluding carboxylic acids is 1. The molecule has 0 aliphatic heterocycles. The molecule has 31 heavy (non-hydrogen) atoms. The van der Waals surface area contributed by atoms with Gasteiger partial charge in [-0.2, -0.15) is 9.61 Å². The van der Waals surface area contributed by atoms with E-state index in [1.807, 2.05) is 0 Å². The molecule has 0 bridgehead atoms. The van der Waals surface area contributed by atoms with E-state index in [2.05, 4.69) is 31.0 Å². The van der Waals surface area contributed by atoms with Crippen LogP contribution >= 0.6 is 11.3 Å². The molecule has 0 saturated heterocycles. The number of hydrogen-bond donors (Lipinski definition) is 3. The molecule has 0 unspecified atom stereocenters. The molecular weight excluding hydrogens is 423 g/mol. The van der Waals surface area contributed by atoms with Gasteiger partial charge < -0.3 is 16.0 Å². The van der Waals surface area contributed by atoms with Crippen LogP contribution in [0, 0.1) is 0 Å². The van der Waals surface area contributed by atoms with Crippen molar-refractivity contribution in [1.29, 1.82) is 0 Å². The van der Waals surface area contributed by atoms with Gasteiger partial charge in [0.15, 0.2) is 10.8 Å². The topological polar surface area (TPSA) is 118 Å². The average Bonchev–Trinajstić information content (AvgIpc) is 3.18. The van der Waals surface area contributed by atoms with Gasteiger partial charge in [0.1, 0.15) is 29.1 Å². The molecule has 1 fully saturated rings. The zero-order valence-corrected chi connectivity index (χ0v) is 17.1. The lowest BCUT2D eigenvalue weighted by Crippen LogP contribution is -2.27. The van der Waals surface area contributed by atoms with Crippen LogP contribution in [0.1, 0.15) is 16.8 Å². The van der Waals surface area contributed by atoms with Gasteiger partial charge in [0.05, 0.1) is 12.2 Å². The first-order valence-electron chi connectivity index (χ1n) is 9.45. The Bertz CT molecular complexity index is 1330. The maximum atomic E-state index is 13.2. The van der Waals surface area contributed by atoms with Gasteiger partial charge >= 0.3 is 0 Å². The molecule has 2 atom stereocenters. The van der Waals surface area contributed by atoms with Crippen LogP contribution in [0.3, 0.4) is 0 Å². The molecule has 1 aliphatic rings. The van der Waals surface area contributed by atoms with Crippen molar-refractivity contribution in [1.82, 2.24) is 29.5 Å². The van der Waals surface area contributed by atoms with Crippen LogP contribution in [0.5, 0.6) is 0 Å². The number of nitrogens with one attached hydrogen (secondary N) is 3. The van der Waals surface area contributed by atoms with Gasteiger partial charge in [-0.1, -0.05) is 0 Å². The molecule has 0 radical (unpaired) electrons. The summed E-state index contributed by atoms with van der Waals surface area (Å²) in [4.78, 5) is 34.1. The maximum Gasteiger partial charge on any atom is 0.280 e. The molecule has 4 aromatic heterocycles. The summed E-state index contributed by atoms with van der Waals surface area (Å²) >= 11 is 1.35. The summed E-state index contributed by atoms with van der Waals surface area (Å²) in [6.07, 6.45) is 3.95. The number of alkyl halides is 1. The Labute approximate surface area is 178 Å². The Morgan fingerprint density at radius 3 is 2.94 bits per heavy atom. The molecule has 10 nitrogen and oxygen atoms in total. The molecule has 158 valence electrons. The van der Waals surface area contributed by atoms with E-state index in [1.54, 1.807) is 43.0 Å². The average molecular weight is 440 g/mol. The van der Waals surface area contributed by atoms with Gasteiger partial charge in [-0.3, -0.25) is 14.2 Å². The molecule has 0 aromatic carbocycles. The fraction of sp³-hybridized carbons (Fsp3) is 0.211. The van der Waals surface area contributed by atoms with E-state index >= 15 is 0 Å². The van der Waals surface area contributed by atoms with E-state index in [4.69, 9.17) is 0 Å². The third-order valence-electron chi connectivity index (χ3n) is 4.84. The molecule has 3 N–H and O–H groups in total. The van der Waals surface area contributed by atoms with Crippen LogP contribution in [0.15, 0.2) is 47.0 Å². The highest BCUT2D eigenvalue weighted by Crippen LogP contribution is 2.26. The molecule has 12 heteroatoms. The van der Waals surface area contributed by atoms with Gasteiger partial charge in [-0.25, -0.2) is 14.4 Å². The van der Waals surface area contributed by atoms with Gasteiger partial charge in [0, 0.05) is 37.3 Å². The second kappa shape index (κ2) is 7.47. The van der Waals surface area contributed by atoms with Gasteiger partial charge in [-0.05, 0) is 12.1 Å². The van der Waals surface area contributed by atoms with Crippen molar-refractivity contribution in [2.24, 2.45) is 0 Å². The summed E-state index contributed by atoms with van der Waals surface area (Å²) in [5.41, 5.74) is 0.492. The van der Waals surface area contributed by atoms with Crippen LogP contribution < -0.4 is 21.5 Å². The lowest BCUT2D eigenvalue weighted by molar-refractivity contribution is 0.0949. The second-order valence-corrected chi connectivity index (χ2v) is 7.81. The molecule has 1 aliphatic carbocycles. The predicted molar refractivity (Wildman–Crippen MR) is 114 cm³/mol. The van der Waals surface area contributed by atoms with Gasteiger partial charge in [0.2, 0.25) is 0 Å². The van der Waals surface area contributed by atoms with E-state index in [0.717, 1.165) is 0 Å². The van der Waals surface area contributed by atoms with Gasteiger partial charge in [0.25, 0.3) is 11.5 Å². The monoisotopic (exact) mass is 440 g/mol. The summed E-state index contributed by atoms with van der Waals surface area (Å²) in [5, 5.41) is 15.2. The standard InChI is InChI=1S/C19H17FN8O2S/c1-21-15-8-14(24-12-3-2-5-27(18(12)30)19-22-4-6-31-19)26-16-10(9-23-28(15)16)17(29)25-13-7-11(13)20/h2-6,8-9,11,13,21H,7H2,1H3,(H,24,26)(H,25,29)/t11-,13+/m1/s1. The number of aromatic nitrogens is 5. The fourth-order valence-corrected chi connectivity index (χ4v) is 3.76. The molecule has 0 spiro atoms. The summed E-state index contributed by atoms with van der Waals surface area (Å²) < 4.78 is 16.1. The number of rotatable bonds is 6. The van der Waals surface area contributed by atoms with E-state index in [1.165, 1.54) is 26.6 Å². The molecule has 4 heterocycles. The molecule has 1 saturated carbocycles. The van der Waals surface area contributed by atoms with Crippen molar-refractivity contribution in [2.45, 2.75) is 18.6 Å². The molecule has 4 aromatic rings. The van der Waals surface area contributed by atoms with Crippen LogP contribution in [-0.4, -0.2) is 49.3 Å². The number of nitrogens with zero attached hydrogens (tertiary/aromatic N) is 5. The minimum Gasteiger partial charge on any atom is -0.373 e. The largest absolute Gasteiger partial charge is 0.373 e. The Morgan fingerprint density at radius 2 is 2.23 bits per heavy atom. The smallest absolute Gasteiger partial charge is 0.280 e. The summed E-state index contributed by atoms with van der Waals surface area (Å²) in [5.74, 6) is 0.449. The number of hydrogen-bond acceptors (Lipinski definition) is 8. The van der Waals surface area contributed by atoms with E-state index in [0.29, 0.717) is 28.9 Å². The van der Waals surface area contributed by atoms with Crippen LogP contribution in [-0.2, 0) is 0 Å². The Balaban J connectivity index is 1.52. The first-order chi connectivity index (χ1) is 15.0. The second-order valence-electron chi connectivity index (χ2n) is 6.94. The molecule has 5 rings (SSSR count). The normalized spacial score (nSPS) is 17.5. The summed E-state index contributed by atoms with van der Waals surface area (Å²) in [6, 6.07) is 4.56. The predicted octanol–water partition coefficient (Wildman–Crippen LogP) is 1.96. The zero-order valence-electron chi connectivity index (χ0n) is 16.2. The Kier molecular flexibility index (Phi) is 4.62. The minimum atomic E-state index is -1.01. The highest BCUT2D eigenvalue weighted by Gasteiger charge is 2.39. The number of carbonyl (C=O) groups is 1. The Hall–Kier alpha value is -3.80. The van der Waals surface area contributed by atoms with Crippen molar-refractivity contribution >= 4 is 40.2 Å². The van der Waals surface area contributed by atoms with Crippen LogP contribution in [0.25, 0.3) is 10.8 Å². The van der Waals surface area contributed by atoms with Crippen LogP contribution in [0.4, 0.5) is 21.7 Å². The molecule has 1 amide bonds. The Morgan fingerprint density at radius 1 is 1.39 bits per heavy atom. The fourth-order valence-electron chi connectivity index (χ4n) is 3.14. The van der Waals surface area contributed by atoms with Crippen molar-refractivity contribution in [2.75, 3.05) is 17.7 Å². The number of anilines is 3. The van der Waals surface area contributed by atoms with E-state index in [-0.39, 0.29) is 16.8 Å². The van der Waals surface area contributed by atoms with Crippen LogP contribution in [0.2, 0.25) is 0 Å². The first kappa shape index (κ1) is 19.2. The van der Waals surface area contributed by atoms with Crippen molar-refractivity contribution in [3.05, 3.63) is 58.1 Å². The first-order valence-corrected chi connectivity index (χ1v) is 10.3. The number of amides is 1. The quantitative estimate of drug-likeness (QED) is 0.419. The SMILES string of the molecule is CNc1cc(Nc2cccn(-c3nccs3)c2=O)nc2c(C(=O)N[C@H]3C[C@H]3F)cnn12. The molecular formula is C19H17FN8O2S. The highest BCUT2D eigenvalue weighted by molar-refractivity contribution is 7.12. The highest BCUT2D eigenvalue weighted by atomic mass is 32.1. The van der Waals surface area contributed by atoms with Gasteiger partial charge in [-0.15, -0.1) is 11.3 Å². The van der Waals surface area contributed by atoms with E-state index < -0.39 is 18.1 Å². The third kappa shape index (κ3) is 3.50. The van der Waals surface area contributed by atoms with Crippen molar-refractivity contribution in [3.8, 4) is 5.13 Å². The number of halogens is 1. The number of pyridine rings is 1. The maximum absolute atomic E-state index is 13.2. The van der Waals surface area contributed by atoms with E-state index in [9.17, 15) is 14.0 Å². The third-order valence-corrected chi connectivity index (χ3v) is 5.61. The lowest BCUT2D eigenvalue weighted by atomic mass is 10.3. The number of fused-ring (bicyclic) bond motifs is 1. The summed E-state index contributed by atoms with van der Waals surface area (Å²) in [6.45, 7) is 0. The van der Waals surface area contributed by atoms with Crippen molar-refractivity contribution < 1.29 is 9.18 Å². The minimum absolute atomic E-state index is 0.215. The lowest BCUT2D eigenvalue weighted by Gasteiger charge is -2.11.